The van der Waals surface area contributed by atoms with Crippen LogP contribution in [0.15, 0.2) is 24.3 Å². The van der Waals surface area contributed by atoms with Crippen LogP contribution in [-0.2, 0) is 19.0 Å². The van der Waals surface area contributed by atoms with E-state index >= 15 is 0 Å². The minimum absolute atomic E-state index is 0.0445. The molecule has 130 valence electrons. The highest BCUT2D eigenvalue weighted by molar-refractivity contribution is 5.90. The third-order valence-electron chi connectivity index (χ3n) is 4.24. The van der Waals surface area contributed by atoms with Crippen LogP contribution in [0.4, 0.5) is 0 Å². The summed E-state index contributed by atoms with van der Waals surface area (Å²) in [4.78, 5) is 24.3. The van der Waals surface area contributed by atoms with Gasteiger partial charge in [-0.05, 0) is 52.3 Å². The number of benzene rings is 1. The van der Waals surface area contributed by atoms with Crippen LogP contribution in [0.3, 0.4) is 0 Å². The van der Waals surface area contributed by atoms with E-state index in [0.29, 0.717) is 12.0 Å². The molecule has 1 aliphatic heterocycles. The largest absolute Gasteiger partial charge is 0.456 e. The van der Waals surface area contributed by atoms with E-state index in [1.165, 1.54) is 0 Å². The van der Waals surface area contributed by atoms with Crippen molar-refractivity contribution in [1.82, 2.24) is 0 Å². The number of esters is 1. The second-order valence-corrected chi connectivity index (χ2v) is 7.92. The zero-order valence-corrected chi connectivity index (χ0v) is 14.8. The fourth-order valence-electron chi connectivity index (χ4n) is 3.29. The summed E-state index contributed by atoms with van der Waals surface area (Å²) >= 11 is 0. The maximum Gasteiger partial charge on any atom is 0.338 e. The fourth-order valence-corrected chi connectivity index (χ4v) is 3.29. The third kappa shape index (κ3) is 3.37. The van der Waals surface area contributed by atoms with Gasteiger partial charge in [-0.2, -0.15) is 0 Å². The summed E-state index contributed by atoms with van der Waals surface area (Å²) in [6, 6.07) is 7.22. The van der Waals surface area contributed by atoms with Crippen LogP contribution in [0.5, 0.6) is 0 Å². The molecule has 5 nitrogen and oxygen atoms in total. The van der Waals surface area contributed by atoms with E-state index in [1.807, 2.05) is 46.8 Å². The Kier molecular flexibility index (Phi) is 4.04. The van der Waals surface area contributed by atoms with Crippen LogP contribution in [0, 0.1) is 0 Å². The highest BCUT2D eigenvalue weighted by Crippen LogP contribution is 2.44. The first-order chi connectivity index (χ1) is 11.1. The van der Waals surface area contributed by atoms with Crippen molar-refractivity contribution < 1.29 is 23.8 Å². The van der Waals surface area contributed by atoms with Gasteiger partial charge < -0.3 is 14.2 Å². The summed E-state index contributed by atoms with van der Waals surface area (Å²) in [6.45, 7) is 9.15. The molecular formula is C19H24O5. The van der Waals surface area contributed by atoms with Gasteiger partial charge in [-0.1, -0.05) is 12.1 Å². The molecule has 0 amide bonds. The number of carbonyl (C=O) groups is 2. The van der Waals surface area contributed by atoms with Gasteiger partial charge in [0.2, 0.25) is 0 Å². The lowest BCUT2D eigenvalue weighted by atomic mass is 9.94. The van der Waals surface area contributed by atoms with Crippen molar-refractivity contribution in [2.24, 2.45) is 0 Å². The average molecular weight is 332 g/mol. The maximum absolute atomic E-state index is 12.2. The van der Waals surface area contributed by atoms with Gasteiger partial charge in [0.05, 0.1) is 5.56 Å². The molecule has 0 aromatic heterocycles. The minimum atomic E-state index is -0.736. The molecule has 3 atom stereocenters. The summed E-state index contributed by atoms with van der Waals surface area (Å²) in [5.74, 6) is -1.06. The highest BCUT2D eigenvalue weighted by Gasteiger charge is 2.53. The van der Waals surface area contributed by atoms with Gasteiger partial charge >= 0.3 is 5.97 Å². The Morgan fingerprint density at radius 3 is 2.38 bits per heavy atom. The fraction of sp³-hybridized carbons (Fsp3) is 0.579. The Morgan fingerprint density at radius 2 is 1.79 bits per heavy atom. The quantitative estimate of drug-likeness (QED) is 0.778. The molecule has 0 spiro atoms. The van der Waals surface area contributed by atoms with E-state index in [1.54, 1.807) is 12.1 Å². The molecule has 1 aliphatic carbocycles. The van der Waals surface area contributed by atoms with Crippen LogP contribution in [0.25, 0.3) is 0 Å². The molecule has 1 saturated carbocycles. The van der Waals surface area contributed by atoms with Crippen LogP contribution in [0.1, 0.15) is 62.9 Å². The van der Waals surface area contributed by atoms with E-state index in [4.69, 9.17) is 14.2 Å². The number of ether oxygens (including phenoxy) is 3. The van der Waals surface area contributed by atoms with Gasteiger partial charge in [-0.25, -0.2) is 4.79 Å². The van der Waals surface area contributed by atoms with Crippen molar-refractivity contribution in [1.29, 1.82) is 0 Å². The molecule has 0 bridgehead atoms. The van der Waals surface area contributed by atoms with Crippen molar-refractivity contribution in [2.45, 2.75) is 70.6 Å². The molecule has 24 heavy (non-hydrogen) atoms. The smallest absolute Gasteiger partial charge is 0.338 e. The monoisotopic (exact) mass is 332 g/mol. The van der Waals surface area contributed by atoms with E-state index in [0.717, 1.165) is 5.56 Å². The van der Waals surface area contributed by atoms with Crippen LogP contribution < -0.4 is 0 Å². The number of ketones is 1. The van der Waals surface area contributed by atoms with Gasteiger partial charge in [-0.3, -0.25) is 4.79 Å². The predicted molar refractivity (Wildman–Crippen MR) is 87.8 cm³/mol. The number of fused-ring (bicyclic) bond motifs is 1. The molecule has 2 fully saturated rings. The zero-order valence-electron chi connectivity index (χ0n) is 14.8. The maximum atomic E-state index is 12.2. The SMILES string of the molecule is CC(C)(C)OC(=O)c1ccc([C@H]2CC(=O)[C@@H]3OC(C)(C)O[C@H]23)cc1. The number of hydrogen-bond donors (Lipinski definition) is 0. The lowest BCUT2D eigenvalue weighted by Crippen LogP contribution is -2.25. The molecule has 0 unspecified atom stereocenters. The molecule has 1 aromatic rings. The highest BCUT2D eigenvalue weighted by atomic mass is 16.8. The average Bonchev–Trinajstić information content (AvgIpc) is 2.92. The van der Waals surface area contributed by atoms with Gasteiger partial charge in [0.15, 0.2) is 11.6 Å². The molecule has 1 aromatic carbocycles. The molecule has 0 radical (unpaired) electrons. The summed E-state index contributed by atoms with van der Waals surface area (Å²) in [5, 5.41) is 0. The Balaban J connectivity index is 1.77. The normalized spacial score (nSPS) is 28.7. The molecule has 3 rings (SSSR count). The number of rotatable bonds is 2. The van der Waals surface area contributed by atoms with Crippen molar-refractivity contribution in [2.75, 3.05) is 0 Å². The number of Topliss-reactive ketones (excluding diaryl/α,β-unsaturated/α-hetero) is 1. The zero-order chi connectivity index (χ0) is 17.7. The minimum Gasteiger partial charge on any atom is -0.456 e. The van der Waals surface area contributed by atoms with E-state index in [9.17, 15) is 9.59 Å². The molecule has 0 N–H and O–H groups in total. The van der Waals surface area contributed by atoms with E-state index in [2.05, 4.69) is 0 Å². The van der Waals surface area contributed by atoms with Crippen LogP contribution >= 0.6 is 0 Å². The van der Waals surface area contributed by atoms with E-state index in [-0.39, 0.29) is 23.8 Å². The molecule has 2 aliphatic rings. The van der Waals surface area contributed by atoms with E-state index < -0.39 is 17.5 Å². The first-order valence-electron chi connectivity index (χ1n) is 8.27. The standard InChI is InChI=1S/C19H24O5/c1-18(2,3)24-17(21)12-8-6-11(7-9-12)13-10-14(20)16-15(13)22-19(4,5)23-16/h6-9,13,15-16H,10H2,1-5H3/t13-,15-,16+/m1/s1. The van der Waals surface area contributed by atoms with Crippen molar-refractivity contribution in [3.63, 3.8) is 0 Å². The topological polar surface area (TPSA) is 61.8 Å². The summed E-state index contributed by atoms with van der Waals surface area (Å²) in [6.07, 6.45) is -0.354. The van der Waals surface area contributed by atoms with Crippen LogP contribution in [-0.4, -0.2) is 35.3 Å². The summed E-state index contributed by atoms with van der Waals surface area (Å²) in [7, 11) is 0. The second kappa shape index (κ2) is 5.67. The van der Waals surface area contributed by atoms with Gasteiger partial charge in [0, 0.05) is 12.3 Å². The summed E-state index contributed by atoms with van der Waals surface area (Å²) in [5.41, 5.74) is 0.949. The Labute approximate surface area is 142 Å². The van der Waals surface area contributed by atoms with Crippen molar-refractivity contribution in [3.05, 3.63) is 35.4 Å². The van der Waals surface area contributed by atoms with Gasteiger partial charge in [-0.15, -0.1) is 0 Å². The lowest BCUT2D eigenvalue weighted by molar-refractivity contribution is -0.160. The van der Waals surface area contributed by atoms with Crippen molar-refractivity contribution in [3.8, 4) is 0 Å². The molecule has 5 heteroatoms. The van der Waals surface area contributed by atoms with Crippen molar-refractivity contribution >= 4 is 11.8 Å². The van der Waals surface area contributed by atoms with Gasteiger partial charge in [0.25, 0.3) is 0 Å². The Hall–Kier alpha value is -1.72. The first-order valence-corrected chi connectivity index (χ1v) is 8.27. The Morgan fingerprint density at radius 1 is 1.17 bits per heavy atom. The number of carbonyl (C=O) groups excluding carboxylic acids is 2. The first kappa shape index (κ1) is 17.1. The van der Waals surface area contributed by atoms with Crippen LogP contribution in [0.2, 0.25) is 0 Å². The Bertz CT molecular complexity index is 653. The summed E-state index contributed by atoms with van der Waals surface area (Å²) < 4.78 is 17.0. The number of hydrogen-bond acceptors (Lipinski definition) is 5. The lowest BCUT2D eigenvalue weighted by Gasteiger charge is -2.22. The molecule has 1 saturated heterocycles. The second-order valence-electron chi connectivity index (χ2n) is 7.92. The third-order valence-corrected chi connectivity index (χ3v) is 4.24. The molecular weight excluding hydrogens is 308 g/mol. The molecule has 1 heterocycles. The van der Waals surface area contributed by atoms with Gasteiger partial charge in [0.1, 0.15) is 17.8 Å². The predicted octanol–water partition coefficient (Wildman–Crippen LogP) is 3.22.